The third kappa shape index (κ3) is 3.57. The normalized spacial score (nSPS) is 33.8. The number of carbonyl (C=O) groups excluding carboxylic acids is 1. The van der Waals surface area contributed by atoms with Crippen LogP contribution in [0.5, 0.6) is 0 Å². The Bertz CT molecular complexity index is 256. The summed E-state index contributed by atoms with van der Waals surface area (Å²) in [6.07, 6.45) is 2.59. The maximum atomic E-state index is 11.9. The van der Waals surface area contributed by atoms with Crippen LogP contribution in [0.2, 0.25) is 0 Å². The van der Waals surface area contributed by atoms with Crippen LogP contribution in [-0.4, -0.2) is 55.5 Å². The lowest BCUT2D eigenvalue weighted by Crippen LogP contribution is -2.52. The zero-order valence-corrected chi connectivity index (χ0v) is 10.6. The molecule has 0 spiro atoms. The number of urea groups is 1. The Morgan fingerprint density at radius 2 is 2.06 bits per heavy atom. The number of rotatable bonds is 2. The number of amides is 2. The van der Waals surface area contributed by atoms with Crippen LogP contribution in [-0.2, 0) is 9.47 Å². The van der Waals surface area contributed by atoms with Gasteiger partial charge in [0.1, 0.15) is 0 Å². The van der Waals surface area contributed by atoms with E-state index in [0.717, 1.165) is 19.4 Å². The standard InChI is InChI=1S/C12H22N2O3/c1-9-7-14(8-10(2)17-9)12(15)13-6-11-4-3-5-16-11/h9-11H,3-8H2,1-2H3,(H,13,15). The highest BCUT2D eigenvalue weighted by atomic mass is 16.5. The maximum absolute atomic E-state index is 11.9. The molecule has 3 unspecified atom stereocenters. The summed E-state index contributed by atoms with van der Waals surface area (Å²) in [4.78, 5) is 13.8. The van der Waals surface area contributed by atoms with Crippen molar-refractivity contribution in [1.82, 2.24) is 10.2 Å². The van der Waals surface area contributed by atoms with Crippen molar-refractivity contribution in [2.45, 2.75) is 45.0 Å². The van der Waals surface area contributed by atoms with Crippen molar-refractivity contribution in [2.24, 2.45) is 0 Å². The molecule has 2 rings (SSSR count). The number of carbonyl (C=O) groups is 1. The van der Waals surface area contributed by atoms with Crippen molar-refractivity contribution < 1.29 is 14.3 Å². The first-order valence-electron chi connectivity index (χ1n) is 6.45. The Kier molecular flexibility index (Phi) is 4.23. The van der Waals surface area contributed by atoms with Gasteiger partial charge < -0.3 is 19.7 Å². The molecular weight excluding hydrogens is 220 g/mol. The summed E-state index contributed by atoms with van der Waals surface area (Å²) in [5.41, 5.74) is 0. The molecule has 0 aromatic heterocycles. The Labute approximate surface area is 102 Å². The van der Waals surface area contributed by atoms with Gasteiger partial charge in [-0.3, -0.25) is 0 Å². The molecule has 2 aliphatic heterocycles. The lowest BCUT2D eigenvalue weighted by Gasteiger charge is -2.35. The molecule has 2 saturated heterocycles. The van der Waals surface area contributed by atoms with Gasteiger partial charge in [-0.25, -0.2) is 4.79 Å². The van der Waals surface area contributed by atoms with Gasteiger partial charge in [0.25, 0.3) is 0 Å². The monoisotopic (exact) mass is 242 g/mol. The predicted molar refractivity (Wildman–Crippen MR) is 64.0 cm³/mol. The van der Waals surface area contributed by atoms with Crippen LogP contribution in [0.4, 0.5) is 4.79 Å². The van der Waals surface area contributed by atoms with Crippen LogP contribution in [0.25, 0.3) is 0 Å². The Morgan fingerprint density at radius 3 is 2.65 bits per heavy atom. The van der Waals surface area contributed by atoms with Crippen molar-refractivity contribution in [3.05, 3.63) is 0 Å². The fourth-order valence-corrected chi connectivity index (χ4v) is 2.46. The molecular formula is C12H22N2O3. The molecule has 0 aromatic rings. The van der Waals surface area contributed by atoms with Crippen molar-refractivity contribution in [3.8, 4) is 0 Å². The summed E-state index contributed by atoms with van der Waals surface area (Å²) in [7, 11) is 0. The summed E-state index contributed by atoms with van der Waals surface area (Å²) in [6.45, 7) is 6.78. The molecule has 0 radical (unpaired) electrons. The summed E-state index contributed by atoms with van der Waals surface area (Å²) in [5, 5.41) is 2.94. The van der Waals surface area contributed by atoms with E-state index in [0.29, 0.717) is 19.6 Å². The van der Waals surface area contributed by atoms with Crippen molar-refractivity contribution in [2.75, 3.05) is 26.2 Å². The van der Waals surface area contributed by atoms with E-state index in [4.69, 9.17) is 9.47 Å². The maximum Gasteiger partial charge on any atom is 0.317 e. The van der Waals surface area contributed by atoms with E-state index >= 15 is 0 Å². The molecule has 0 bridgehead atoms. The molecule has 2 heterocycles. The molecule has 5 nitrogen and oxygen atoms in total. The number of morpholine rings is 1. The summed E-state index contributed by atoms with van der Waals surface area (Å²) in [6, 6.07) is 0.00231. The van der Waals surface area contributed by atoms with Gasteiger partial charge in [0, 0.05) is 26.2 Å². The minimum Gasteiger partial charge on any atom is -0.376 e. The molecule has 3 atom stereocenters. The largest absolute Gasteiger partial charge is 0.376 e. The molecule has 5 heteroatoms. The molecule has 1 N–H and O–H groups in total. The van der Waals surface area contributed by atoms with Gasteiger partial charge in [0.15, 0.2) is 0 Å². The van der Waals surface area contributed by atoms with Gasteiger partial charge in [0.05, 0.1) is 18.3 Å². The molecule has 0 aliphatic carbocycles. The quantitative estimate of drug-likeness (QED) is 0.785. The number of hydrogen-bond acceptors (Lipinski definition) is 3. The Balaban J connectivity index is 1.74. The highest BCUT2D eigenvalue weighted by molar-refractivity contribution is 5.74. The zero-order chi connectivity index (χ0) is 12.3. The van der Waals surface area contributed by atoms with Gasteiger partial charge in [-0.05, 0) is 26.7 Å². The van der Waals surface area contributed by atoms with Gasteiger partial charge in [0.2, 0.25) is 0 Å². The van der Waals surface area contributed by atoms with Crippen LogP contribution in [0, 0.1) is 0 Å². The van der Waals surface area contributed by atoms with Gasteiger partial charge in [-0.15, -0.1) is 0 Å². The van der Waals surface area contributed by atoms with Crippen molar-refractivity contribution >= 4 is 6.03 Å². The average Bonchev–Trinajstić information content (AvgIpc) is 2.77. The van der Waals surface area contributed by atoms with Gasteiger partial charge >= 0.3 is 6.03 Å². The van der Waals surface area contributed by atoms with E-state index in [9.17, 15) is 4.79 Å². The summed E-state index contributed by atoms with van der Waals surface area (Å²) >= 11 is 0. The second-order valence-electron chi connectivity index (χ2n) is 4.98. The topological polar surface area (TPSA) is 50.8 Å². The van der Waals surface area contributed by atoms with Crippen LogP contribution >= 0.6 is 0 Å². The van der Waals surface area contributed by atoms with Gasteiger partial charge in [-0.2, -0.15) is 0 Å². The van der Waals surface area contributed by atoms with E-state index in [1.165, 1.54) is 0 Å². The highest BCUT2D eigenvalue weighted by Crippen LogP contribution is 2.12. The van der Waals surface area contributed by atoms with Crippen molar-refractivity contribution in [1.29, 1.82) is 0 Å². The lowest BCUT2D eigenvalue weighted by molar-refractivity contribution is -0.0547. The second kappa shape index (κ2) is 5.69. The minimum atomic E-state index is 0.00231. The summed E-state index contributed by atoms with van der Waals surface area (Å²) < 4.78 is 11.1. The molecule has 17 heavy (non-hydrogen) atoms. The number of ether oxygens (including phenoxy) is 2. The van der Waals surface area contributed by atoms with Crippen LogP contribution < -0.4 is 5.32 Å². The molecule has 0 aromatic carbocycles. The smallest absolute Gasteiger partial charge is 0.317 e. The molecule has 2 amide bonds. The van der Waals surface area contributed by atoms with E-state index in [-0.39, 0.29) is 24.3 Å². The van der Waals surface area contributed by atoms with Gasteiger partial charge in [-0.1, -0.05) is 0 Å². The average molecular weight is 242 g/mol. The first-order chi connectivity index (χ1) is 8.15. The SMILES string of the molecule is CC1CN(C(=O)NCC2CCCO2)CC(C)O1. The van der Waals surface area contributed by atoms with Crippen LogP contribution in [0.3, 0.4) is 0 Å². The van der Waals surface area contributed by atoms with E-state index in [2.05, 4.69) is 5.32 Å². The summed E-state index contributed by atoms with van der Waals surface area (Å²) in [5.74, 6) is 0. The van der Waals surface area contributed by atoms with E-state index < -0.39 is 0 Å². The Morgan fingerprint density at radius 1 is 1.35 bits per heavy atom. The van der Waals surface area contributed by atoms with Crippen LogP contribution in [0.1, 0.15) is 26.7 Å². The molecule has 98 valence electrons. The minimum absolute atomic E-state index is 0.00231. The Hall–Kier alpha value is -0.810. The highest BCUT2D eigenvalue weighted by Gasteiger charge is 2.26. The second-order valence-corrected chi connectivity index (χ2v) is 4.98. The number of nitrogens with zero attached hydrogens (tertiary/aromatic N) is 1. The molecule has 2 aliphatic rings. The number of nitrogens with one attached hydrogen (secondary N) is 1. The first-order valence-corrected chi connectivity index (χ1v) is 6.45. The van der Waals surface area contributed by atoms with Crippen molar-refractivity contribution in [3.63, 3.8) is 0 Å². The first kappa shape index (κ1) is 12.6. The number of hydrogen-bond donors (Lipinski definition) is 1. The molecule has 2 fully saturated rings. The van der Waals surface area contributed by atoms with E-state index in [1.807, 2.05) is 18.7 Å². The third-order valence-corrected chi connectivity index (χ3v) is 3.21. The lowest BCUT2D eigenvalue weighted by atomic mass is 10.2. The fraction of sp³-hybridized carbons (Fsp3) is 0.917. The van der Waals surface area contributed by atoms with E-state index in [1.54, 1.807) is 0 Å². The predicted octanol–water partition coefficient (Wildman–Crippen LogP) is 0.984. The van der Waals surface area contributed by atoms with Crippen LogP contribution in [0.15, 0.2) is 0 Å². The fourth-order valence-electron chi connectivity index (χ4n) is 2.46. The molecule has 0 saturated carbocycles. The third-order valence-electron chi connectivity index (χ3n) is 3.21. The zero-order valence-electron chi connectivity index (χ0n) is 10.6.